The van der Waals surface area contributed by atoms with Crippen LogP contribution in [0.25, 0.3) is 11.5 Å². The van der Waals surface area contributed by atoms with Crippen LogP contribution >= 0.6 is 0 Å². The molecule has 2 atom stereocenters. The van der Waals surface area contributed by atoms with E-state index in [0.29, 0.717) is 12.6 Å². The van der Waals surface area contributed by atoms with E-state index in [2.05, 4.69) is 10.00 Å². The summed E-state index contributed by atoms with van der Waals surface area (Å²) in [4.78, 5) is 14.1. The monoisotopic (exact) mass is 289 g/mol. The molecular formula is C15H19N3O3. The van der Waals surface area contributed by atoms with Crippen LogP contribution in [0.4, 0.5) is 0 Å². The highest BCUT2D eigenvalue weighted by Gasteiger charge is 2.23. The maximum absolute atomic E-state index is 11.9. The van der Waals surface area contributed by atoms with Gasteiger partial charge in [-0.05, 0) is 26.0 Å². The molecule has 1 saturated heterocycles. The summed E-state index contributed by atoms with van der Waals surface area (Å²) in [6.07, 6.45) is 0.315. The highest BCUT2D eigenvalue weighted by molar-refractivity contribution is 5.51. The van der Waals surface area contributed by atoms with Gasteiger partial charge in [0.2, 0.25) is 5.89 Å². The number of hydrogen-bond donors (Lipinski definition) is 0. The van der Waals surface area contributed by atoms with Gasteiger partial charge in [-0.1, -0.05) is 18.2 Å². The fourth-order valence-electron chi connectivity index (χ4n) is 2.68. The van der Waals surface area contributed by atoms with Crippen molar-refractivity contribution in [1.29, 1.82) is 0 Å². The summed E-state index contributed by atoms with van der Waals surface area (Å²) in [5.74, 6) is -0.0735. The molecule has 6 heteroatoms. The minimum Gasteiger partial charge on any atom is -0.388 e. The number of ether oxygens (including phenoxy) is 1. The lowest BCUT2D eigenvalue weighted by molar-refractivity contribution is -0.0780. The average Bonchev–Trinajstić information content (AvgIpc) is 2.80. The molecule has 0 aliphatic carbocycles. The van der Waals surface area contributed by atoms with Gasteiger partial charge < -0.3 is 9.15 Å². The fraction of sp³-hybridized carbons (Fsp3) is 0.467. The second-order valence-corrected chi connectivity index (χ2v) is 5.47. The van der Waals surface area contributed by atoms with Gasteiger partial charge in [-0.2, -0.15) is 4.68 Å². The first kappa shape index (κ1) is 14.0. The Labute approximate surface area is 122 Å². The van der Waals surface area contributed by atoms with Crippen molar-refractivity contribution in [2.24, 2.45) is 0 Å². The first-order valence-corrected chi connectivity index (χ1v) is 7.13. The van der Waals surface area contributed by atoms with E-state index < -0.39 is 5.76 Å². The Morgan fingerprint density at radius 1 is 1.19 bits per heavy atom. The first-order valence-electron chi connectivity index (χ1n) is 7.13. The number of morpholine rings is 1. The molecule has 21 heavy (non-hydrogen) atoms. The lowest BCUT2D eigenvalue weighted by Gasteiger charge is -2.34. The quantitative estimate of drug-likeness (QED) is 0.858. The minimum atomic E-state index is -0.430. The average molecular weight is 289 g/mol. The van der Waals surface area contributed by atoms with Crippen LogP contribution in [0, 0.1) is 0 Å². The van der Waals surface area contributed by atoms with Crippen molar-refractivity contribution in [3.05, 3.63) is 40.9 Å². The lowest BCUT2D eigenvalue weighted by Crippen LogP contribution is -2.47. The molecule has 2 heterocycles. The summed E-state index contributed by atoms with van der Waals surface area (Å²) >= 11 is 0. The summed E-state index contributed by atoms with van der Waals surface area (Å²) in [6, 6.07) is 9.43. The van der Waals surface area contributed by atoms with Gasteiger partial charge in [-0.3, -0.25) is 4.90 Å². The Kier molecular flexibility index (Phi) is 3.90. The standard InChI is InChI=1S/C15H19N3O3/c1-11-8-17(9-12(2)20-11)10-18-15(19)21-14(16-18)13-6-4-3-5-7-13/h3-7,11-12H,8-10H2,1-2H3/t11-,12-/m0/s1. The molecule has 1 aliphatic rings. The number of nitrogens with zero attached hydrogens (tertiary/aromatic N) is 3. The maximum Gasteiger partial charge on any atom is 0.438 e. The number of benzene rings is 1. The van der Waals surface area contributed by atoms with Gasteiger partial charge in [0.05, 0.1) is 12.2 Å². The van der Waals surface area contributed by atoms with Gasteiger partial charge in [-0.25, -0.2) is 4.79 Å². The molecule has 0 amide bonds. The van der Waals surface area contributed by atoms with Crippen molar-refractivity contribution in [3.63, 3.8) is 0 Å². The van der Waals surface area contributed by atoms with Crippen LogP contribution in [0.1, 0.15) is 13.8 Å². The summed E-state index contributed by atoms with van der Waals surface area (Å²) < 4.78 is 12.3. The fourth-order valence-corrected chi connectivity index (χ4v) is 2.68. The molecule has 0 radical (unpaired) electrons. The van der Waals surface area contributed by atoms with Crippen molar-refractivity contribution < 1.29 is 9.15 Å². The zero-order valence-corrected chi connectivity index (χ0v) is 12.2. The van der Waals surface area contributed by atoms with Crippen molar-refractivity contribution in [2.75, 3.05) is 13.1 Å². The Morgan fingerprint density at radius 2 is 1.86 bits per heavy atom. The third kappa shape index (κ3) is 3.22. The van der Waals surface area contributed by atoms with Crippen LogP contribution in [0.3, 0.4) is 0 Å². The molecular weight excluding hydrogens is 270 g/mol. The van der Waals surface area contributed by atoms with Crippen molar-refractivity contribution in [2.45, 2.75) is 32.7 Å². The summed E-state index contributed by atoms with van der Waals surface area (Å²) in [6.45, 7) is 6.05. The maximum atomic E-state index is 11.9. The summed E-state index contributed by atoms with van der Waals surface area (Å²) in [7, 11) is 0. The van der Waals surface area contributed by atoms with Crippen LogP contribution in [0.5, 0.6) is 0 Å². The molecule has 0 spiro atoms. The van der Waals surface area contributed by atoms with E-state index >= 15 is 0 Å². The van der Waals surface area contributed by atoms with Crippen molar-refractivity contribution in [1.82, 2.24) is 14.7 Å². The summed E-state index contributed by atoms with van der Waals surface area (Å²) in [5.41, 5.74) is 0.803. The van der Waals surface area contributed by atoms with Crippen LogP contribution in [0.2, 0.25) is 0 Å². The molecule has 112 valence electrons. The number of rotatable bonds is 3. The molecule has 0 bridgehead atoms. The molecule has 1 aliphatic heterocycles. The van der Waals surface area contributed by atoms with Crippen molar-refractivity contribution in [3.8, 4) is 11.5 Å². The Hall–Kier alpha value is -1.92. The van der Waals surface area contributed by atoms with Crippen LogP contribution in [-0.4, -0.2) is 40.0 Å². The molecule has 0 unspecified atom stereocenters. The smallest absolute Gasteiger partial charge is 0.388 e. The highest BCUT2D eigenvalue weighted by Crippen LogP contribution is 2.15. The molecule has 3 rings (SSSR count). The van der Waals surface area contributed by atoms with E-state index in [-0.39, 0.29) is 12.2 Å². The molecule has 0 saturated carbocycles. The van der Waals surface area contributed by atoms with Gasteiger partial charge in [0.1, 0.15) is 6.67 Å². The van der Waals surface area contributed by atoms with Crippen LogP contribution < -0.4 is 5.76 Å². The second kappa shape index (κ2) is 5.83. The minimum absolute atomic E-state index is 0.157. The molecule has 2 aromatic rings. The zero-order valence-electron chi connectivity index (χ0n) is 12.2. The van der Waals surface area contributed by atoms with E-state index in [0.717, 1.165) is 18.7 Å². The van der Waals surface area contributed by atoms with Gasteiger partial charge in [0.25, 0.3) is 0 Å². The normalized spacial score (nSPS) is 23.3. The van der Waals surface area contributed by atoms with Gasteiger partial charge in [0.15, 0.2) is 0 Å². The molecule has 6 nitrogen and oxygen atoms in total. The van der Waals surface area contributed by atoms with Crippen LogP contribution in [-0.2, 0) is 11.4 Å². The molecule has 1 fully saturated rings. The van der Waals surface area contributed by atoms with Crippen molar-refractivity contribution >= 4 is 0 Å². The Morgan fingerprint density at radius 3 is 2.52 bits per heavy atom. The third-order valence-electron chi connectivity index (χ3n) is 3.46. The lowest BCUT2D eigenvalue weighted by atomic mass is 10.2. The topological polar surface area (TPSA) is 60.5 Å². The first-order chi connectivity index (χ1) is 10.1. The largest absolute Gasteiger partial charge is 0.438 e. The zero-order chi connectivity index (χ0) is 14.8. The van der Waals surface area contributed by atoms with E-state index in [9.17, 15) is 4.79 Å². The number of aromatic nitrogens is 2. The van der Waals surface area contributed by atoms with Crippen LogP contribution in [0.15, 0.2) is 39.5 Å². The highest BCUT2D eigenvalue weighted by atomic mass is 16.5. The Balaban J connectivity index is 1.78. The van der Waals surface area contributed by atoms with Gasteiger partial charge >= 0.3 is 5.76 Å². The van der Waals surface area contributed by atoms with Gasteiger partial charge in [-0.15, -0.1) is 5.10 Å². The second-order valence-electron chi connectivity index (χ2n) is 5.47. The van der Waals surface area contributed by atoms with E-state index in [1.165, 1.54) is 4.68 Å². The molecule has 1 aromatic heterocycles. The molecule has 0 N–H and O–H groups in total. The summed E-state index contributed by atoms with van der Waals surface area (Å²) in [5, 5.41) is 4.28. The SMILES string of the molecule is C[C@H]1CN(Cn2nc(-c3ccccc3)oc2=O)C[C@H](C)O1. The Bertz CT molecular complexity index is 640. The predicted octanol–water partition coefficient (Wildman–Crippen LogP) is 1.57. The van der Waals surface area contributed by atoms with E-state index in [4.69, 9.17) is 9.15 Å². The third-order valence-corrected chi connectivity index (χ3v) is 3.46. The molecule has 1 aromatic carbocycles. The van der Waals surface area contributed by atoms with E-state index in [1.807, 2.05) is 44.2 Å². The predicted molar refractivity (Wildman–Crippen MR) is 77.8 cm³/mol. The van der Waals surface area contributed by atoms with E-state index in [1.54, 1.807) is 0 Å². The number of hydrogen-bond acceptors (Lipinski definition) is 5. The van der Waals surface area contributed by atoms with Gasteiger partial charge in [0, 0.05) is 18.7 Å².